The summed E-state index contributed by atoms with van der Waals surface area (Å²) >= 11 is 0. The van der Waals surface area contributed by atoms with E-state index in [-0.39, 0.29) is 6.03 Å². The molecule has 2 amide bonds. The molecule has 2 fully saturated rings. The molecule has 3 heteroatoms. The van der Waals surface area contributed by atoms with Gasteiger partial charge in [0.1, 0.15) is 0 Å². The molecule has 74 valence electrons. The summed E-state index contributed by atoms with van der Waals surface area (Å²) in [7, 11) is 0. The topological polar surface area (TPSA) is 46.3 Å². The quantitative estimate of drug-likeness (QED) is 0.609. The normalized spacial score (nSPS) is 26.6. The average Bonchev–Trinajstić information content (AvgIpc) is 2.51. The molecule has 1 aliphatic heterocycles. The summed E-state index contributed by atoms with van der Waals surface area (Å²) in [6.07, 6.45) is 7.83. The second kappa shape index (κ2) is 3.20. The van der Waals surface area contributed by atoms with Crippen molar-refractivity contribution in [1.82, 2.24) is 4.90 Å². The lowest BCUT2D eigenvalue weighted by Gasteiger charge is -2.32. The van der Waals surface area contributed by atoms with Gasteiger partial charge in [-0.1, -0.05) is 19.3 Å². The third kappa shape index (κ3) is 1.64. The molecule has 0 aromatic carbocycles. The molecule has 2 rings (SSSR count). The Morgan fingerprint density at radius 3 is 2.38 bits per heavy atom. The molecule has 1 heterocycles. The SMILES string of the molecule is NC(=O)N1CCC2(CCCCC2)C1. The number of carbonyl (C=O) groups excluding carboxylic acids is 1. The Morgan fingerprint density at radius 2 is 1.85 bits per heavy atom. The van der Waals surface area contributed by atoms with Crippen LogP contribution in [-0.2, 0) is 0 Å². The molecule has 13 heavy (non-hydrogen) atoms. The van der Waals surface area contributed by atoms with E-state index in [4.69, 9.17) is 5.73 Å². The summed E-state index contributed by atoms with van der Waals surface area (Å²) in [5.41, 5.74) is 5.73. The highest BCUT2D eigenvalue weighted by Crippen LogP contribution is 2.43. The first kappa shape index (κ1) is 8.85. The molecule has 3 nitrogen and oxygen atoms in total. The Hall–Kier alpha value is -0.730. The molecule has 1 spiro atoms. The minimum absolute atomic E-state index is 0.234. The van der Waals surface area contributed by atoms with Crippen LogP contribution in [0.5, 0.6) is 0 Å². The van der Waals surface area contributed by atoms with Crippen LogP contribution < -0.4 is 5.73 Å². The maximum atomic E-state index is 11.0. The van der Waals surface area contributed by atoms with Crippen LogP contribution in [0.4, 0.5) is 4.79 Å². The Balaban J connectivity index is 1.98. The first-order valence-corrected chi connectivity index (χ1v) is 5.26. The standard InChI is InChI=1S/C10H18N2O/c11-9(13)12-7-6-10(8-12)4-2-1-3-5-10/h1-8H2,(H2,11,13). The number of likely N-dealkylation sites (tertiary alicyclic amines) is 1. The average molecular weight is 182 g/mol. The molecule has 0 aromatic rings. The number of hydrogen-bond donors (Lipinski definition) is 1. The van der Waals surface area contributed by atoms with E-state index < -0.39 is 0 Å². The van der Waals surface area contributed by atoms with E-state index in [9.17, 15) is 4.79 Å². The van der Waals surface area contributed by atoms with Crippen molar-refractivity contribution in [3.63, 3.8) is 0 Å². The highest BCUT2D eigenvalue weighted by Gasteiger charge is 2.39. The van der Waals surface area contributed by atoms with Crippen molar-refractivity contribution in [3.05, 3.63) is 0 Å². The maximum absolute atomic E-state index is 11.0. The van der Waals surface area contributed by atoms with Gasteiger partial charge in [-0.05, 0) is 24.7 Å². The molecule has 0 unspecified atom stereocenters. The summed E-state index contributed by atoms with van der Waals surface area (Å²) in [5.74, 6) is 0. The van der Waals surface area contributed by atoms with Crippen LogP contribution in [-0.4, -0.2) is 24.0 Å². The highest BCUT2D eigenvalue weighted by atomic mass is 16.2. The summed E-state index contributed by atoms with van der Waals surface area (Å²) in [4.78, 5) is 12.8. The zero-order valence-electron chi connectivity index (χ0n) is 8.09. The number of carbonyl (C=O) groups is 1. The molecule has 2 N–H and O–H groups in total. The summed E-state index contributed by atoms with van der Waals surface area (Å²) in [6, 6.07) is -0.234. The van der Waals surface area contributed by atoms with Crippen LogP contribution in [0.1, 0.15) is 38.5 Å². The van der Waals surface area contributed by atoms with Crippen molar-refractivity contribution in [1.29, 1.82) is 0 Å². The van der Waals surface area contributed by atoms with Crippen molar-refractivity contribution in [3.8, 4) is 0 Å². The second-order valence-electron chi connectivity index (χ2n) is 4.57. The lowest BCUT2D eigenvalue weighted by atomic mass is 9.73. The van der Waals surface area contributed by atoms with E-state index in [0.717, 1.165) is 13.1 Å². The Bertz CT molecular complexity index is 209. The third-order valence-electron chi connectivity index (χ3n) is 3.66. The van der Waals surface area contributed by atoms with Crippen molar-refractivity contribution in [2.75, 3.05) is 13.1 Å². The van der Waals surface area contributed by atoms with E-state index in [1.807, 2.05) is 4.90 Å². The van der Waals surface area contributed by atoms with Crippen LogP contribution in [0.3, 0.4) is 0 Å². The molecule has 1 saturated carbocycles. The number of rotatable bonds is 0. The first-order valence-electron chi connectivity index (χ1n) is 5.26. The monoisotopic (exact) mass is 182 g/mol. The Morgan fingerprint density at radius 1 is 1.15 bits per heavy atom. The Kier molecular flexibility index (Phi) is 2.18. The molecule has 2 aliphatic rings. The molecular weight excluding hydrogens is 164 g/mol. The van der Waals surface area contributed by atoms with Crippen molar-refractivity contribution in [2.24, 2.45) is 11.1 Å². The predicted octanol–water partition coefficient (Wildman–Crippen LogP) is 1.72. The minimum Gasteiger partial charge on any atom is -0.351 e. The van der Waals surface area contributed by atoms with Gasteiger partial charge in [0.05, 0.1) is 0 Å². The summed E-state index contributed by atoms with van der Waals surface area (Å²) in [5, 5.41) is 0. The molecule has 1 aliphatic carbocycles. The zero-order chi connectivity index (χ0) is 9.31. The van der Waals surface area contributed by atoms with Crippen LogP contribution in [0, 0.1) is 5.41 Å². The number of urea groups is 1. The van der Waals surface area contributed by atoms with E-state index >= 15 is 0 Å². The summed E-state index contributed by atoms with van der Waals surface area (Å²) < 4.78 is 0. The fourth-order valence-corrected chi connectivity index (χ4v) is 2.83. The van der Waals surface area contributed by atoms with Crippen molar-refractivity contribution >= 4 is 6.03 Å². The van der Waals surface area contributed by atoms with Crippen molar-refractivity contribution in [2.45, 2.75) is 38.5 Å². The minimum atomic E-state index is -0.234. The van der Waals surface area contributed by atoms with Gasteiger partial charge in [-0.2, -0.15) is 0 Å². The predicted molar refractivity (Wildman–Crippen MR) is 51.3 cm³/mol. The van der Waals surface area contributed by atoms with Crippen molar-refractivity contribution < 1.29 is 4.79 Å². The molecule has 0 radical (unpaired) electrons. The van der Waals surface area contributed by atoms with E-state index in [2.05, 4.69) is 0 Å². The van der Waals surface area contributed by atoms with Gasteiger partial charge in [0.25, 0.3) is 0 Å². The number of amides is 2. The molecular formula is C10H18N2O. The van der Waals surface area contributed by atoms with E-state index in [0.29, 0.717) is 5.41 Å². The number of primary amides is 1. The van der Waals surface area contributed by atoms with Gasteiger partial charge in [-0.15, -0.1) is 0 Å². The van der Waals surface area contributed by atoms with Crippen LogP contribution in [0.15, 0.2) is 0 Å². The van der Waals surface area contributed by atoms with E-state index in [1.54, 1.807) is 0 Å². The van der Waals surface area contributed by atoms with Gasteiger partial charge >= 0.3 is 6.03 Å². The van der Waals surface area contributed by atoms with Gasteiger partial charge < -0.3 is 10.6 Å². The van der Waals surface area contributed by atoms with Gasteiger partial charge in [0.2, 0.25) is 0 Å². The lowest BCUT2D eigenvalue weighted by Crippen LogP contribution is -2.36. The van der Waals surface area contributed by atoms with Gasteiger partial charge in [0.15, 0.2) is 0 Å². The van der Waals surface area contributed by atoms with Gasteiger partial charge in [-0.3, -0.25) is 0 Å². The highest BCUT2D eigenvalue weighted by molar-refractivity contribution is 5.72. The Labute approximate surface area is 79.3 Å². The van der Waals surface area contributed by atoms with Crippen LogP contribution >= 0.6 is 0 Å². The molecule has 0 aromatic heterocycles. The number of hydrogen-bond acceptors (Lipinski definition) is 1. The zero-order valence-corrected chi connectivity index (χ0v) is 8.09. The summed E-state index contributed by atoms with van der Waals surface area (Å²) in [6.45, 7) is 1.80. The largest absolute Gasteiger partial charge is 0.351 e. The van der Waals surface area contributed by atoms with Crippen LogP contribution in [0.25, 0.3) is 0 Å². The smallest absolute Gasteiger partial charge is 0.314 e. The number of nitrogens with zero attached hydrogens (tertiary/aromatic N) is 1. The fraction of sp³-hybridized carbons (Fsp3) is 0.900. The second-order valence-corrected chi connectivity index (χ2v) is 4.57. The third-order valence-corrected chi connectivity index (χ3v) is 3.66. The van der Waals surface area contributed by atoms with Gasteiger partial charge in [0, 0.05) is 13.1 Å². The number of nitrogens with two attached hydrogens (primary N) is 1. The van der Waals surface area contributed by atoms with Gasteiger partial charge in [-0.25, -0.2) is 4.79 Å². The molecule has 0 atom stereocenters. The van der Waals surface area contributed by atoms with Crippen LogP contribution in [0.2, 0.25) is 0 Å². The fourth-order valence-electron chi connectivity index (χ4n) is 2.83. The molecule has 1 saturated heterocycles. The maximum Gasteiger partial charge on any atom is 0.314 e. The molecule has 0 bridgehead atoms. The first-order chi connectivity index (χ1) is 6.22. The van der Waals surface area contributed by atoms with E-state index in [1.165, 1.54) is 38.5 Å². The lowest BCUT2D eigenvalue weighted by molar-refractivity contribution is 0.182.